The zero-order valence-electron chi connectivity index (χ0n) is 19.9. The molecule has 0 N–H and O–H groups in total. The maximum atomic E-state index is 13.0. The molecule has 0 fully saturated rings. The van der Waals surface area contributed by atoms with Gasteiger partial charge in [-0.05, 0) is 85.8 Å². The highest BCUT2D eigenvalue weighted by molar-refractivity contribution is 6.09. The number of aromatic nitrogens is 1. The summed E-state index contributed by atoms with van der Waals surface area (Å²) in [7, 11) is 0. The van der Waals surface area contributed by atoms with Gasteiger partial charge in [-0.15, -0.1) is 0 Å². The lowest BCUT2D eigenvalue weighted by Crippen LogP contribution is -2.27. The molecule has 3 aromatic carbocycles. The average Bonchev–Trinajstić information content (AvgIpc) is 2.77. The molecule has 0 amide bonds. The SMILES string of the molecule is CC(=O)C(OC(C)(C)C)c1c(C)cc2ccccc2c1-c1ccc2c3c(ccnc13)CCO2. The number of fused-ring (bicyclic) bond motifs is 1. The van der Waals surface area contributed by atoms with Gasteiger partial charge in [-0.1, -0.05) is 30.3 Å². The molecule has 1 atom stereocenters. The van der Waals surface area contributed by atoms with Gasteiger partial charge in [0.2, 0.25) is 0 Å². The van der Waals surface area contributed by atoms with E-state index in [1.807, 2.05) is 45.2 Å². The number of hydrogen-bond acceptors (Lipinski definition) is 4. The minimum atomic E-state index is -0.674. The topological polar surface area (TPSA) is 48.4 Å². The van der Waals surface area contributed by atoms with Crippen molar-refractivity contribution in [2.24, 2.45) is 0 Å². The molecule has 4 heteroatoms. The largest absolute Gasteiger partial charge is 0.493 e. The Morgan fingerprint density at radius 1 is 1.12 bits per heavy atom. The van der Waals surface area contributed by atoms with Crippen LogP contribution in [-0.2, 0) is 16.0 Å². The van der Waals surface area contributed by atoms with E-state index in [-0.39, 0.29) is 5.78 Å². The lowest BCUT2D eigenvalue weighted by atomic mass is 9.85. The van der Waals surface area contributed by atoms with Crippen molar-refractivity contribution in [3.8, 4) is 16.9 Å². The van der Waals surface area contributed by atoms with Gasteiger partial charge >= 0.3 is 0 Å². The van der Waals surface area contributed by atoms with Gasteiger partial charge in [0.1, 0.15) is 11.9 Å². The normalized spacial score (nSPS) is 14.3. The van der Waals surface area contributed by atoms with Crippen molar-refractivity contribution in [1.29, 1.82) is 0 Å². The van der Waals surface area contributed by atoms with Crippen molar-refractivity contribution in [2.45, 2.75) is 52.7 Å². The van der Waals surface area contributed by atoms with E-state index in [1.54, 1.807) is 6.92 Å². The summed E-state index contributed by atoms with van der Waals surface area (Å²) in [4.78, 5) is 17.8. The van der Waals surface area contributed by atoms with Gasteiger partial charge in [-0.3, -0.25) is 9.78 Å². The molecule has 4 nitrogen and oxygen atoms in total. The first-order chi connectivity index (χ1) is 15.7. The van der Waals surface area contributed by atoms with E-state index >= 15 is 0 Å². The Labute approximate surface area is 194 Å². The molecule has 5 rings (SSSR count). The van der Waals surface area contributed by atoms with Crippen LogP contribution in [0.1, 0.15) is 50.5 Å². The van der Waals surface area contributed by atoms with Crippen LogP contribution in [0.3, 0.4) is 0 Å². The van der Waals surface area contributed by atoms with Gasteiger partial charge in [0, 0.05) is 23.6 Å². The van der Waals surface area contributed by atoms with Crippen LogP contribution in [0, 0.1) is 6.92 Å². The zero-order chi connectivity index (χ0) is 23.3. The maximum absolute atomic E-state index is 13.0. The summed E-state index contributed by atoms with van der Waals surface area (Å²) in [6, 6.07) is 16.7. The van der Waals surface area contributed by atoms with E-state index < -0.39 is 11.7 Å². The standard InChI is InChI=1S/C29H29NO3/c1-17-16-20-8-6-7-9-21(20)26(24(17)28(18(2)31)33-29(3,4)5)22-10-11-23-25-19(13-15-32-23)12-14-30-27(22)25/h6-12,14,16,28H,13,15H2,1-5H3. The van der Waals surface area contributed by atoms with Crippen molar-refractivity contribution in [3.05, 3.63) is 71.4 Å². The van der Waals surface area contributed by atoms with Crippen LogP contribution in [0.25, 0.3) is 32.8 Å². The highest BCUT2D eigenvalue weighted by Crippen LogP contribution is 2.45. The minimum Gasteiger partial charge on any atom is -0.493 e. The fourth-order valence-electron chi connectivity index (χ4n) is 4.93. The van der Waals surface area contributed by atoms with Crippen LogP contribution in [0.15, 0.2) is 54.7 Å². The summed E-state index contributed by atoms with van der Waals surface area (Å²) in [6.45, 7) is 10.3. The van der Waals surface area contributed by atoms with Gasteiger partial charge in [0.15, 0.2) is 5.78 Å². The molecule has 1 unspecified atom stereocenters. The zero-order valence-corrected chi connectivity index (χ0v) is 19.9. The third kappa shape index (κ3) is 3.79. The maximum Gasteiger partial charge on any atom is 0.163 e. The summed E-state index contributed by atoms with van der Waals surface area (Å²) in [6.07, 6.45) is 2.06. The highest BCUT2D eigenvalue weighted by Gasteiger charge is 2.30. The molecular weight excluding hydrogens is 410 g/mol. The molecule has 168 valence electrons. The molecule has 0 radical (unpaired) electrons. The molecule has 2 heterocycles. The molecule has 1 aliphatic heterocycles. The number of nitrogens with zero attached hydrogens (tertiary/aromatic N) is 1. The third-order valence-corrected chi connectivity index (χ3v) is 6.24. The van der Waals surface area contributed by atoms with Crippen molar-refractivity contribution >= 4 is 27.5 Å². The molecule has 4 aromatic rings. The summed E-state index contributed by atoms with van der Waals surface area (Å²) < 4.78 is 12.3. The monoisotopic (exact) mass is 439 g/mol. The summed E-state index contributed by atoms with van der Waals surface area (Å²) in [5.41, 5.74) is 5.63. The van der Waals surface area contributed by atoms with Crippen molar-refractivity contribution in [3.63, 3.8) is 0 Å². The Kier molecular flexibility index (Phi) is 5.21. The Balaban J connectivity index is 1.90. The highest BCUT2D eigenvalue weighted by atomic mass is 16.5. The molecule has 0 saturated heterocycles. The van der Waals surface area contributed by atoms with E-state index in [4.69, 9.17) is 14.5 Å². The predicted molar refractivity (Wildman–Crippen MR) is 133 cm³/mol. The number of benzene rings is 3. The molecule has 33 heavy (non-hydrogen) atoms. The Morgan fingerprint density at radius 2 is 1.91 bits per heavy atom. The van der Waals surface area contributed by atoms with Crippen molar-refractivity contribution < 1.29 is 14.3 Å². The second-order valence-corrected chi connectivity index (χ2v) is 9.83. The second-order valence-electron chi connectivity index (χ2n) is 9.83. The number of aryl methyl sites for hydroxylation is 1. The first-order valence-corrected chi connectivity index (χ1v) is 11.5. The fraction of sp³-hybridized carbons (Fsp3) is 0.310. The molecule has 1 aliphatic rings. The van der Waals surface area contributed by atoms with Gasteiger partial charge in [0.05, 0.1) is 17.7 Å². The number of Topliss-reactive ketones (excluding diaryl/α,β-unsaturated/α-hetero) is 1. The number of pyridine rings is 1. The van der Waals surface area contributed by atoms with Gasteiger partial charge < -0.3 is 9.47 Å². The molecule has 0 saturated carbocycles. The third-order valence-electron chi connectivity index (χ3n) is 6.24. The average molecular weight is 440 g/mol. The van der Waals surface area contributed by atoms with Crippen LogP contribution in [0.4, 0.5) is 0 Å². The summed E-state index contributed by atoms with van der Waals surface area (Å²) in [5, 5.41) is 3.28. The number of rotatable bonds is 4. The number of ketones is 1. The van der Waals surface area contributed by atoms with Crippen molar-refractivity contribution in [2.75, 3.05) is 6.61 Å². The molecule has 0 bridgehead atoms. The second kappa shape index (κ2) is 7.96. The van der Waals surface area contributed by atoms with Gasteiger partial charge in [0.25, 0.3) is 0 Å². The van der Waals surface area contributed by atoms with E-state index in [0.29, 0.717) is 6.61 Å². The van der Waals surface area contributed by atoms with Gasteiger partial charge in [-0.2, -0.15) is 0 Å². The first-order valence-electron chi connectivity index (χ1n) is 11.5. The lowest BCUT2D eigenvalue weighted by Gasteiger charge is -2.30. The molecule has 0 aliphatic carbocycles. The number of hydrogen-bond donors (Lipinski definition) is 0. The Morgan fingerprint density at radius 3 is 2.67 bits per heavy atom. The molecular formula is C29H29NO3. The van der Waals surface area contributed by atoms with Crippen LogP contribution >= 0.6 is 0 Å². The quantitative estimate of drug-likeness (QED) is 0.353. The first kappa shape index (κ1) is 21.6. The Hall–Kier alpha value is -3.24. The fourth-order valence-corrected chi connectivity index (χ4v) is 4.93. The Bertz CT molecular complexity index is 1390. The van der Waals surface area contributed by atoms with Crippen LogP contribution in [0.2, 0.25) is 0 Å². The number of carbonyl (C=O) groups excluding carboxylic acids is 1. The van der Waals surface area contributed by atoms with E-state index in [9.17, 15) is 4.79 Å². The van der Waals surface area contributed by atoms with Crippen LogP contribution in [0.5, 0.6) is 5.75 Å². The van der Waals surface area contributed by atoms with Crippen molar-refractivity contribution in [1.82, 2.24) is 4.98 Å². The molecule has 0 spiro atoms. The summed E-state index contributed by atoms with van der Waals surface area (Å²) >= 11 is 0. The number of carbonyl (C=O) groups is 1. The van der Waals surface area contributed by atoms with Crippen LogP contribution < -0.4 is 4.74 Å². The molecule has 1 aromatic heterocycles. The van der Waals surface area contributed by atoms with Crippen LogP contribution in [-0.4, -0.2) is 23.0 Å². The number of ether oxygens (including phenoxy) is 2. The smallest absolute Gasteiger partial charge is 0.163 e. The van der Waals surface area contributed by atoms with E-state index in [2.05, 4.69) is 37.3 Å². The van der Waals surface area contributed by atoms with E-state index in [0.717, 1.165) is 56.1 Å². The summed E-state index contributed by atoms with van der Waals surface area (Å²) in [5.74, 6) is 0.860. The van der Waals surface area contributed by atoms with Gasteiger partial charge in [-0.25, -0.2) is 0 Å². The predicted octanol–water partition coefficient (Wildman–Crippen LogP) is 6.74. The van der Waals surface area contributed by atoms with E-state index in [1.165, 1.54) is 5.56 Å². The minimum absolute atomic E-state index is 0.0106. The lowest BCUT2D eigenvalue weighted by molar-refractivity contribution is -0.138.